The summed E-state index contributed by atoms with van der Waals surface area (Å²) in [6.07, 6.45) is 11.0. The first-order valence-electron chi connectivity index (χ1n) is 6.88. The summed E-state index contributed by atoms with van der Waals surface area (Å²) < 4.78 is 0. The van der Waals surface area contributed by atoms with Crippen LogP contribution in [0.5, 0.6) is 0 Å². The van der Waals surface area contributed by atoms with E-state index in [1.165, 1.54) is 44.9 Å². The summed E-state index contributed by atoms with van der Waals surface area (Å²) in [4.78, 5) is 0. The van der Waals surface area contributed by atoms with Gasteiger partial charge in [0, 0.05) is 0 Å². The van der Waals surface area contributed by atoms with Gasteiger partial charge in [-0.15, -0.1) is 0 Å². The van der Waals surface area contributed by atoms with E-state index in [2.05, 4.69) is 20.8 Å². The van der Waals surface area contributed by atoms with Crippen molar-refractivity contribution < 1.29 is 5.11 Å². The summed E-state index contributed by atoms with van der Waals surface area (Å²) in [5, 5.41) is 9.80. The third-order valence-corrected chi connectivity index (χ3v) is 3.10. The third kappa shape index (κ3) is 10.2. The molecule has 0 saturated heterocycles. The van der Waals surface area contributed by atoms with Gasteiger partial charge in [-0.2, -0.15) is 0 Å². The fourth-order valence-electron chi connectivity index (χ4n) is 2.18. The van der Waals surface area contributed by atoms with Crippen LogP contribution in [0.25, 0.3) is 0 Å². The SMILES string of the molecule is CCCCCCCC(O)CC(C)CCC. The summed E-state index contributed by atoms with van der Waals surface area (Å²) in [6, 6.07) is 0. The Bertz CT molecular complexity index is 123. The van der Waals surface area contributed by atoms with Gasteiger partial charge in [0.25, 0.3) is 0 Å². The lowest BCUT2D eigenvalue weighted by atomic mass is 9.96. The Morgan fingerprint density at radius 1 is 0.867 bits per heavy atom. The van der Waals surface area contributed by atoms with Crippen LogP contribution in [0.3, 0.4) is 0 Å². The number of unbranched alkanes of at least 4 members (excludes halogenated alkanes) is 4. The van der Waals surface area contributed by atoms with Gasteiger partial charge < -0.3 is 5.11 Å². The van der Waals surface area contributed by atoms with Crippen LogP contribution in [0.1, 0.15) is 78.6 Å². The highest BCUT2D eigenvalue weighted by Gasteiger charge is 2.08. The van der Waals surface area contributed by atoms with Crippen LogP contribution in [-0.2, 0) is 0 Å². The molecule has 0 amide bonds. The van der Waals surface area contributed by atoms with Gasteiger partial charge in [0.15, 0.2) is 0 Å². The number of aliphatic hydroxyl groups is 1. The zero-order valence-corrected chi connectivity index (χ0v) is 11.0. The van der Waals surface area contributed by atoms with E-state index in [4.69, 9.17) is 0 Å². The van der Waals surface area contributed by atoms with Crippen LogP contribution in [-0.4, -0.2) is 11.2 Å². The Morgan fingerprint density at radius 2 is 1.53 bits per heavy atom. The van der Waals surface area contributed by atoms with Crippen molar-refractivity contribution in [2.75, 3.05) is 0 Å². The zero-order chi connectivity index (χ0) is 11.5. The van der Waals surface area contributed by atoms with Crippen molar-refractivity contribution in [2.24, 2.45) is 5.92 Å². The van der Waals surface area contributed by atoms with Crippen LogP contribution >= 0.6 is 0 Å². The Hall–Kier alpha value is -0.0400. The van der Waals surface area contributed by atoms with E-state index in [1.807, 2.05) is 0 Å². The molecule has 0 aromatic heterocycles. The normalized spacial score (nSPS) is 15.2. The molecule has 0 bridgehead atoms. The summed E-state index contributed by atoms with van der Waals surface area (Å²) >= 11 is 0. The maximum Gasteiger partial charge on any atom is 0.0542 e. The Balaban J connectivity index is 3.28. The molecule has 0 rings (SSSR count). The zero-order valence-electron chi connectivity index (χ0n) is 11.0. The Labute approximate surface area is 96.3 Å². The minimum absolute atomic E-state index is 0.0480. The van der Waals surface area contributed by atoms with E-state index in [0.29, 0.717) is 5.92 Å². The summed E-state index contributed by atoms with van der Waals surface area (Å²) in [5.74, 6) is 0.695. The highest BCUT2D eigenvalue weighted by molar-refractivity contribution is 4.61. The molecule has 15 heavy (non-hydrogen) atoms. The second kappa shape index (κ2) is 10.5. The molecule has 0 heterocycles. The molecule has 2 unspecified atom stereocenters. The van der Waals surface area contributed by atoms with Crippen molar-refractivity contribution in [1.29, 1.82) is 0 Å². The molecule has 0 aromatic carbocycles. The number of hydrogen-bond donors (Lipinski definition) is 1. The molecular weight excluding hydrogens is 184 g/mol. The molecule has 1 nitrogen and oxygen atoms in total. The molecule has 0 spiro atoms. The molecule has 0 saturated carbocycles. The van der Waals surface area contributed by atoms with Crippen LogP contribution in [0.15, 0.2) is 0 Å². The van der Waals surface area contributed by atoms with E-state index in [9.17, 15) is 5.11 Å². The first kappa shape index (κ1) is 15.0. The quantitative estimate of drug-likeness (QED) is 0.530. The number of rotatable bonds is 10. The molecule has 0 fully saturated rings. The number of aliphatic hydroxyl groups excluding tert-OH is 1. The predicted molar refractivity (Wildman–Crippen MR) is 68.1 cm³/mol. The Kier molecular flexibility index (Phi) is 10.4. The summed E-state index contributed by atoms with van der Waals surface area (Å²) in [7, 11) is 0. The molecule has 1 N–H and O–H groups in total. The van der Waals surface area contributed by atoms with Gasteiger partial charge in [-0.25, -0.2) is 0 Å². The topological polar surface area (TPSA) is 20.2 Å². The second-order valence-electron chi connectivity index (χ2n) is 4.99. The molecule has 0 aromatic rings. The van der Waals surface area contributed by atoms with Crippen molar-refractivity contribution in [3.63, 3.8) is 0 Å². The molecule has 92 valence electrons. The van der Waals surface area contributed by atoms with Crippen LogP contribution in [0.2, 0.25) is 0 Å². The van der Waals surface area contributed by atoms with E-state index in [1.54, 1.807) is 0 Å². The maximum absolute atomic E-state index is 9.80. The Morgan fingerprint density at radius 3 is 2.13 bits per heavy atom. The first-order valence-corrected chi connectivity index (χ1v) is 6.88. The van der Waals surface area contributed by atoms with E-state index >= 15 is 0 Å². The fourth-order valence-corrected chi connectivity index (χ4v) is 2.18. The van der Waals surface area contributed by atoms with Crippen LogP contribution in [0.4, 0.5) is 0 Å². The van der Waals surface area contributed by atoms with E-state index in [-0.39, 0.29) is 6.10 Å². The van der Waals surface area contributed by atoms with Crippen molar-refractivity contribution in [2.45, 2.75) is 84.7 Å². The fraction of sp³-hybridized carbons (Fsp3) is 1.00. The van der Waals surface area contributed by atoms with Gasteiger partial charge in [0.2, 0.25) is 0 Å². The van der Waals surface area contributed by atoms with Crippen LogP contribution < -0.4 is 0 Å². The average molecular weight is 214 g/mol. The second-order valence-corrected chi connectivity index (χ2v) is 4.99. The number of hydrogen-bond acceptors (Lipinski definition) is 1. The lowest BCUT2D eigenvalue weighted by Gasteiger charge is -2.15. The highest BCUT2D eigenvalue weighted by Crippen LogP contribution is 2.16. The smallest absolute Gasteiger partial charge is 0.0542 e. The minimum atomic E-state index is -0.0480. The van der Waals surface area contributed by atoms with Crippen molar-refractivity contribution in [3.8, 4) is 0 Å². The summed E-state index contributed by atoms with van der Waals surface area (Å²) in [5.41, 5.74) is 0. The third-order valence-electron chi connectivity index (χ3n) is 3.10. The highest BCUT2D eigenvalue weighted by atomic mass is 16.3. The van der Waals surface area contributed by atoms with Gasteiger partial charge in [-0.1, -0.05) is 65.7 Å². The van der Waals surface area contributed by atoms with Gasteiger partial charge in [-0.3, -0.25) is 0 Å². The van der Waals surface area contributed by atoms with Crippen molar-refractivity contribution in [3.05, 3.63) is 0 Å². The van der Waals surface area contributed by atoms with E-state index in [0.717, 1.165) is 12.8 Å². The van der Waals surface area contributed by atoms with Crippen LogP contribution in [0, 0.1) is 5.92 Å². The molecular formula is C14H30O. The average Bonchev–Trinajstić information content (AvgIpc) is 2.17. The molecule has 1 heteroatoms. The lowest BCUT2D eigenvalue weighted by Crippen LogP contribution is -2.11. The lowest BCUT2D eigenvalue weighted by molar-refractivity contribution is 0.131. The largest absolute Gasteiger partial charge is 0.393 e. The standard InChI is InChI=1S/C14H30O/c1-4-6-7-8-9-11-14(15)12-13(3)10-5-2/h13-15H,4-12H2,1-3H3. The van der Waals surface area contributed by atoms with Crippen molar-refractivity contribution >= 4 is 0 Å². The first-order chi connectivity index (χ1) is 7.20. The van der Waals surface area contributed by atoms with Crippen molar-refractivity contribution in [1.82, 2.24) is 0 Å². The molecule has 0 aliphatic rings. The predicted octanol–water partition coefficient (Wildman–Crippen LogP) is 4.53. The van der Waals surface area contributed by atoms with Gasteiger partial charge in [0.05, 0.1) is 6.10 Å². The van der Waals surface area contributed by atoms with Gasteiger partial charge in [-0.05, 0) is 18.8 Å². The molecule has 2 atom stereocenters. The maximum atomic E-state index is 9.80. The summed E-state index contributed by atoms with van der Waals surface area (Å²) in [6.45, 7) is 6.71. The minimum Gasteiger partial charge on any atom is -0.393 e. The molecule has 0 radical (unpaired) electrons. The van der Waals surface area contributed by atoms with Gasteiger partial charge >= 0.3 is 0 Å². The monoisotopic (exact) mass is 214 g/mol. The molecule has 0 aliphatic carbocycles. The van der Waals surface area contributed by atoms with E-state index < -0.39 is 0 Å². The molecule has 0 aliphatic heterocycles. The van der Waals surface area contributed by atoms with Gasteiger partial charge in [0.1, 0.15) is 0 Å².